The third kappa shape index (κ3) is 4.66. The van der Waals surface area contributed by atoms with E-state index in [1.54, 1.807) is 0 Å². The number of carbonyl (C=O) groups is 1. The summed E-state index contributed by atoms with van der Waals surface area (Å²) in [6, 6.07) is 20.2. The average Bonchev–Trinajstić information content (AvgIpc) is 2.67. The number of hydrogen-bond acceptors (Lipinski definition) is 3. The van der Waals surface area contributed by atoms with Gasteiger partial charge in [-0.25, -0.2) is 0 Å². The van der Waals surface area contributed by atoms with Crippen molar-refractivity contribution in [1.29, 1.82) is 0 Å². The summed E-state index contributed by atoms with van der Waals surface area (Å²) < 4.78 is 5.46. The Morgan fingerprint density at radius 3 is 2.33 bits per heavy atom. The molecule has 1 fully saturated rings. The standard InChI is InChI=1S/C20H24N2O2/c23-20(19-16-24-14-12-21-19)22(15-18-9-5-2-6-10-18)13-11-17-7-3-1-4-8-17/h1-10,19,21H,11-16H2. The number of benzene rings is 2. The van der Waals surface area contributed by atoms with E-state index in [0.29, 0.717) is 26.3 Å². The van der Waals surface area contributed by atoms with Crippen molar-refractivity contribution >= 4 is 5.91 Å². The highest BCUT2D eigenvalue weighted by atomic mass is 16.5. The van der Waals surface area contributed by atoms with Gasteiger partial charge in [0.05, 0.1) is 13.2 Å². The van der Waals surface area contributed by atoms with Crippen LogP contribution in [0.15, 0.2) is 60.7 Å². The van der Waals surface area contributed by atoms with Gasteiger partial charge in [-0.3, -0.25) is 4.79 Å². The van der Waals surface area contributed by atoms with Crippen molar-refractivity contribution in [2.75, 3.05) is 26.3 Å². The van der Waals surface area contributed by atoms with E-state index >= 15 is 0 Å². The Kier molecular flexibility index (Phi) is 5.99. The Labute approximate surface area is 143 Å². The van der Waals surface area contributed by atoms with Gasteiger partial charge in [-0.15, -0.1) is 0 Å². The molecule has 1 unspecified atom stereocenters. The molecule has 0 bridgehead atoms. The van der Waals surface area contributed by atoms with Crippen LogP contribution < -0.4 is 5.32 Å². The third-order valence-electron chi connectivity index (χ3n) is 4.26. The van der Waals surface area contributed by atoms with E-state index in [1.165, 1.54) is 5.56 Å². The molecular formula is C20H24N2O2. The lowest BCUT2D eigenvalue weighted by Crippen LogP contribution is -2.52. The van der Waals surface area contributed by atoms with Gasteiger partial charge in [-0.05, 0) is 17.5 Å². The molecular weight excluding hydrogens is 300 g/mol. The lowest BCUT2D eigenvalue weighted by atomic mass is 10.1. The van der Waals surface area contributed by atoms with Crippen LogP contribution in [0.2, 0.25) is 0 Å². The fourth-order valence-corrected chi connectivity index (χ4v) is 2.92. The van der Waals surface area contributed by atoms with Crippen LogP contribution >= 0.6 is 0 Å². The lowest BCUT2D eigenvalue weighted by Gasteiger charge is -2.30. The van der Waals surface area contributed by atoms with Crippen molar-refractivity contribution < 1.29 is 9.53 Å². The number of nitrogens with zero attached hydrogens (tertiary/aromatic N) is 1. The van der Waals surface area contributed by atoms with Crippen LogP contribution in [0.4, 0.5) is 0 Å². The molecule has 1 atom stereocenters. The molecule has 0 aromatic heterocycles. The summed E-state index contributed by atoms with van der Waals surface area (Å²) >= 11 is 0. The molecule has 1 aliphatic rings. The van der Waals surface area contributed by atoms with Crippen molar-refractivity contribution in [3.63, 3.8) is 0 Å². The number of morpholine rings is 1. The van der Waals surface area contributed by atoms with E-state index in [9.17, 15) is 4.79 Å². The van der Waals surface area contributed by atoms with Gasteiger partial charge in [-0.2, -0.15) is 0 Å². The first-order valence-corrected chi connectivity index (χ1v) is 8.51. The van der Waals surface area contributed by atoms with Gasteiger partial charge in [0.15, 0.2) is 0 Å². The molecule has 126 valence electrons. The monoisotopic (exact) mass is 324 g/mol. The van der Waals surface area contributed by atoms with E-state index in [4.69, 9.17) is 4.74 Å². The summed E-state index contributed by atoms with van der Waals surface area (Å²) in [5, 5.41) is 3.27. The van der Waals surface area contributed by atoms with Crippen molar-refractivity contribution in [1.82, 2.24) is 10.2 Å². The van der Waals surface area contributed by atoms with Gasteiger partial charge in [-0.1, -0.05) is 60.7 Å². The van der Waals surface area contributed by atoms with Crippen LogP contribution in [0.1, 0.15) is 11.1 Å². The van der Waals surface area contributed by atoms with Gasteiger partial charge in [0.25, 0.3) is 0 Å². The highest BCUT2D eigenvalue weighted by Crippen LogP contribution is 2.10. The number of amides is 1. The second-order valence-corrected chi connectivity index (χ2v) is 6.06. The summed E-state index contributed by atoms with van der Waals surface area (Å²) in [5.41, 5.74) is 2.40. The highest BCUT2D eigenvalue weighted by molar-refractivity contribution is 5.82. The van der Waals surface area contributed by atoms with Gasteiger partial charge in [0.1, 0.15) is 6.04 Å². The van der Waals surface area contributed by atoms with Crippen molar-refractivity contribution in [3.05, 3.63) is 71.8 Å². The van der Waals surface area contributed by atoms with E-state index in [0.717, 1.165) is 18.5 Å². The SMILES string of the molecule is O=C(C1COCCN1)N(CCc1ccccc1)Cc1ccccc1. The fraction of sp³-hybridized carbons (Fsp3) is 0.350. The van der Waals surface area contributed by atoms with E-state index < -0.39 is 0 Å². The maximum atomic E-state index is 12.9. The maximum Gasteiger partial charge on any atom is 0.242 e. The molecule has 2 aromatic rings. The number of rotatable bonds is 6. The lowest BCUT2D eigenvalue weighted by molar-refractivity contribution is -0.137. The second kappa shape index (κ2) is 8.62. The molecule has 3 rings (SSSR count). The molecule has 2 aromatic carbocycles. The first-order valence-electron chi connectivity index (χ1n) is 8.51. The zero-order valence-electron chi connectivity index (χ0n) is 13.9. The molecule has 1 N–H and O–H groups in total. The third-order valence-corrected chi connectivity index (χ3v) is 4.26. The zero-order valence-corrected chi connectivity index (χ0v) is 13.9. The molecule has 1 saturated heterocycles. The molecule has 4 heteroatoms. The molecule has 0 spiro atoms. The average molecular weight is 324 g/mol. The Balaban J connectivity index is 1.68. The predicted molar refractivity (Wildman–Crippen MR) is 94.6 cm³/mol. The Morgan fingerprint density at radius 1 is 1.04 bits per heavy atom. The summed E-state index contributed by atoms with van der Waals surface area (Å²) in [6.07, 6.45) is 0.854. The summed E-state index contributed by atoms with van der Waals surface area (Å²) in [4.78, 5) is 14.8. The van der Waals surface area contributed by atoms with E-state index in [-0.39, 0.29) is 11.9 Å². The van der Waals surface area contributed by atoms with Crippen molar-refractivity contribution in [2.24, 2.45) is 0 Å². The van der Waals surface area contributed by atoms with E-state index in [1.807, 2.05) is 41.3 Å². The van der Waals surface area contributed by atoms with Crippen molar-refractivity contribution in [3.8, 4) is 0 Å². The van der Waals surface area contributed by atoms with E-state index in [2.05, 4.69) is 29.6 Å². The second-order valence-electron chi connectivity index (χ2n) is 6.06. The van der Waals surface area contributed by atoms with Crippen molar-refractivity contribution in [2.45, 2.75) is 19.0 Å². The molecule has 4 nitrogen and oxygen atoms in total. The number of ether oxygens (including phenoxy) is 1. The predicted octanol–water partition coefficient (Wildman–Crippen LogP) is 2.25. The smallest absolute Gasteiger partial charge is 0.242 e. The topological polar surface area (TPSA) is 41.6 Å². The van der Waals surface area contributed by atoms with Gasteiger partial charge >= 0.3 is 0 Å². The molecule has 0 radical (unpaired) electrons. The summed E-state index contributed by atoms with van der Waals surface area (Å²) in [6.45, 7) is 3.19. The normalized spacial score (nSPS) is 17.4. The minimum atomic E-state index is -0.238. The molecule has 24 heavy (non-hydrogen) atoms. The number of nitrogens with one attached hydrogen (secondary N) is 1. The Bertz CT molecular complexity index is 625. The van der Waals surface area contributed by atoms with Crippen LogP contribution in [-0.4, -0.2) is 43.2 Å². The number of carbonyl (C=O) groups excluding carboxylic acids is 1. The van der Waals surface area contributed by atoms with Crippen LogP contribution in [0.3, 0.4) is 0 Å². The molecule has 1 aliphatic heterocycles. The maximum absolute atomic E-state index is 12.9. The first-order chi connectivity index (χ1) is 11.8. The summed E-state index contributed by atoms with van der Waals surface area (Å²) in [5.74, 6) is 0.120. The molecule has 0 saturated carbocycles. The Morgan fingerprint density at radius 2 is 1.71 bits per heavy atom. The van der Waals surface area contributed by atoms with Crippen LogP contribution in [0, 0.1) is 0 Å². The molecule has 0 aliphatic carbocycles. The van der Waals surface area contributed by atoms with Crippen LogP contribution in [0.5, 0.6) is 0 Å². The van der Waals surface area contributed by atoms with Gasteiger partial charge in [0.2, 0.25) is 5.91 Å². The minimum absolute atomic E-state index is 0.120. The number of hydrogen-bond donors (Lipinski definition) is 1. The Hall–Kier alpha value is -2.17. The van der Waals surface area contributed by atoms with Gasteiger partial charge < -0.3 is 15.0 Å². The van der Waals surface area contributed by atoms with Gasteiger partial charge in [0, 0.05) is 19.6 Å². The zero-order chi connectivity index (χ0) is 16.6. The largest absolute Gasteiger partial charge is 0.378 e. The molecule has 1 amide bonds. The molecule has 1 heterocycles. The van der Waals surface area contributed by atoms with Crippen LogP contribution in [-0.2, 0) is 22.5 Å². The first kappa shape index (κ1) is 16.7. The summed E-state index contributed by atoms with van der Waals surface area (Å²) in [7, 11) is 0. The minimum Gasteiger partial charge on any atom is -0.378 e. The quantitative estimate of drug-likeness (QED) is 0.886. The fourth-order valence-electron chi connectivity index (χ4n) is 2.92. The highest BCUT2D eigenvalue weighted by Gasteiger charge is 2.26. The van der Waals surface area contributed by atoms with Crippen LogP contribution in [0.25, 0.3) is 0 Å².